The van der Waals surface area contributed by atoms with Crippen LogP contribution >= 0.6 is 0 Å². The van der Waals surface area contributed by atoms with E-state index in [0.717, 1.165) is 0 Å². The summed E-state index contributed by atoms with van der Waals surface area (Å²) in [5.74, 6) is -0.924. The molecule has 0 spiro atoms. The lowest BCUT2D eigenvalue weighted by atomic mass is 9.82. The third-order valence-corrected chi connectivity index (χ3v) is 6.81. The Labute approximate surface area is 172 Å². The molecule has 0 aromatic heterocycles. The highest BCUT2D eigenvalue weighted by Crippen LogP contribution is 2.48. The lowest BCUT2D eigenvalue weighted by Crippen LogP contribution is -2.45. The van der Waals surface area contributed by atoms with Crippen molar-refractivity contribution in [2.75, 3.05) is 0 Å². The monoisotopic (exact) mass is 408 g/mol. The fourth-order valence-corrected chi connectivity index (χ4v) is 4.60. The van der Waals surface area contributed by atoms with Crippen LogP contribution in [0.4, 0.5) is 0 Å². The molecule has 2 saturated heterocycles. The normalized spacial score (nSPS) is 41.0. The summed E-state index contributed by atoms with van der Waals surface area (Å²) in [5, 5.41) is 9.36. The lowest BCUT2D eigenvalue weighted by Gasteiger charge is -2.36. The van der Waals surface area contributed by atoms with Crippen molar-refractivity contribution in [2.45, 2.75) is 95.2 Å². The highest BCUT2D eigenvalue weighted by molar-refractivity contribution is 5.89. The molecule has 3 rings (SSSR count). The van der Waals surface area contributed by atoms with Crippen LogP contribution in [0.25, 0.3) is 0 Å². The lowest BCUT2D eigenvalue weighted by molar-refractivity contribution is -0.270. The molecular weight excluding hydrogens is 376 g/mol. The maximum absolute atomic E-state index is 12.7. The second-order valence-electron chi connectivity index (χ2n) is 9.05. The first-order chi connectivity index (χ1) is 13.6. The summed E-state index contributed by atoms with van der Waals surface area (Å²) < 4.78 is 17.3. The third-order valence-electron chi connectivity index (χ3n) is 6.81. The van der Waals surface area contributed by atoms with Gasteiger partial charge in [0.1, 0.15) is 17.8 Å². The van der Waals surface area contributed by atoms with E-state index in [9.17, 15) is 14.8 Å². The minimum Gasteiger partial charge on any atom is -0.458 e. The molecule has 0 aromatic carbocycles. The van der Waals surface area contributed by atoms with Gasteiger partial charge in [-0.1, -0.05) is 13.2 Å². The summed E-state index contributed by atoms with van der Waals surface area (Å²) in [6.07, 6.45) is 2.95. The van der Waals surface area contributed by atoms with E-state index >= 15 is 0 Å². The molecule has 7 heteroatoms. The van der Waals surface area contributed by atoms with E-state index in [2.05, 4.69) is 18.0 Å². The predicted molar refractivity (Wildman–Crippen MR) is 105 cm³/mol. The number of epoxide rings is 1. The summed E-state index contributed by atoms with van der Waals surface area (Å²) >= 11 is 0. The fraction of sp³-hybridized carbons (Fsp3) is 0.727. The molecule has 3 aliphatic rings. The standard InChI is InChI=1S/C22H32O7/c1-13-6-7-18(26-15(3)23)21(4)10-8-16(14(2)20(24)28-21)12-19-22(5,27-19)11-9-17(13)29-25/h16-19,25H,1-2,6-12H2,3-5H3. The van der Waals surface area contributed by atoms with Gasteiger partial charge in [-0.25, -0.2) is 9.68 Å². The van der Waals surface area contributed by atoms with Gasteiger partial charge in [0, 0.05) is 12.5 Å². The van der Waals surface area contributed by atoms with Gasteiger partial charge in [0.05, 0.1) is 11.7 Å². The molecular formula is C22H32O7. The van der Waals surface area contributed by atoms with Crippen molar-refractivity contribution in [3.63, 3.8) is 0 Å². The first-order valence-corrected chi connectivity index (χ1v) is 10.3. The second kappa shape index (κ2) is 8.20. The number of carbonyl (C=O) groups excluding carboxylic acids is 2. The number of rotatable bonds is 2. The predicted octanol–water partition coefficient (Wildman–Crippen LogP) is 3.72. The summed E-state index contributed by atoms with van der Waals surface area (Å²) in [4.78, 5) is 29.2. The summed E-state index contributed by atoms with van der Waals surface area (Å²) in [7, 11) is 0. The first kappa shape index (κ1) is 22.0. The van der Waals surface area contributed by atoms with E-state index < -0.39 is 29.7 Å². The Bertz CT molecular complexity index is 701. The number of hydrogen-bond acceptors (Lipinski definition) is 7. The van der Waals surface area contributed by atoms with E-state index in [-0.39, 0.29) is 17.6 Å². The van der Waals surface area contributed by atoms with Crippen LogP contribution in [-0.4, -0.2) is 46.7 Å². The molecule has 2 heterocycles. The van der Waals surface area contributed by atoms with Crippen molar-refractivity contribution in [3.05, 3.63) is 24.3 Å². The molecule has 2 bridgehead atoms. The van der Waals surface area contributed by atoms with E-state index in [1.165, 1.54) is 6.92 Å². The largest absolute Gasteiger partial charge is 0.458 e. The minimum atomic E-state index is -0.964. The molecule has 3 fully saturated rings. The van der Waals surface area contributed by atoms with Crippen LogP contribution in [0.2, 0.25) is 0 Å². The number of carbonyl (C=O) groups is 2. The quantitative estimate of drug-likeness (QED) is 0.186. The average Bonchev–Trinajstić information content (AvgIpc) is 3.31. The van der Waals surface area contributed by atoms with Gasteiger partial charge in [-0.3, -0.25) is 10.1 Å². The molecule has 0 radical (unpaired) electrons. The van der Waals surface area contributed by atoms with E-state index in [0.29, 0.717) is 56.1 Å². The number of ether oxygens (including phenoxy) is 3. The Morgan fingerprint density at radius 1 is 1.17 bits per heavy atom. The van der Waals surface area contributed by atoms with Gasteiger partial charge >= 0.3 is 11.9 Å². The molecule has 0 aromatic rings. The molecule has 29 heavy (non-hydrogen) atoms. The van der Waals surface area contributed by atoms with Gasteiger partial charge in [0.2, 0.25) is 0 Å². The van der Waals surface area contributed by atoms with Crippen LogP contribution in [0.15, 0.2) is 24.3 Å². The molecule has 1 N–H and O–H groups in total. The summed E-state index contributed by atoms with van der Waals surface area (Å²) in [6, 6.07) is 0. The van der Waals surface area contributed by atoms with Gasteiger partial charge in [-0.2, -0.15) is 0 Å². The topological polar surface area (TPSA) is 94.6 Å². The summed E-state index contributed by atoms with van der Waals surface area (Å²) in [5.41, 5.74) is -0.118. The molecule has 7 nitrogen and oxygen atoms in total. The Hall–Kier alpha value is -1.70. The van der Waals surface area contributed by atoms with Crippen LogP contribution in [0.5, 0.6) is 0 Å². The molecule has 162 valence electrons. The first-order valence-electron chi connectivity index (χ1n) is 10.3. The molecule has 6 unspecified atom stereocenters. The highest BCUT2D eigenvalue weighted by atomic mass is 17.1. The van der Waals surface area contributed by atoms with E-state index in [4.69, 9.17) is 14.2 Å². The van der Waals surface area contributed by atoms with Gasteiger partial charge in [0.25, 0.3) is 0 Å². The Balaban J connectivity index is 1.90. The number of hydrogen-bond donors (Lipinski definition) is 1. The smallest absolute Gasteiger partial charge is 0.334 e. The van der Waals surface area contributed by atoms with Crippen LogP contribution < -0.4 is 0 Å². The summed E-state index contributed by atoms with van der Waals surface area (Å²) in [6.45, 7) is 13.2. The Kier molecular flexibility index (Phi) is 6.22. The van der Waals surface area contributed by atoms with Gasteiger partial charge in [-0.15, -0.1) is 0 Å². The van der Waals surface area contributed by atoms with Gasteiger partial charge in [0.15, 0.2) is 0 Å². The van der Waals surface area contributed by atoms with Crippen molar-refractivity contribution < 1.29 is 33.9 Å². The van der Waals surface area contributed by atoms with Crippen LogP contribution in [0.3, 0.4) is 0 Å². The fourth-order valence-electron chi connectivity index (χ4n) is 4.60. The number of fused-ring (bicyclic) bond motifs is 4. The SMILES string of the molecule is C=C1C(=O)OC2(C)CCC1CC1OC1(C)CCC(OO)C(=C)CCC2OC(C)=O. The number of esters is 2. The maximum Gasteiger partial charge on any atom is 0.334 e. The molecule has 1 aliphatic carbocycles. The van der Waals surface area contributed by atoms with Crippen molar-refractivity contribution >= 4 is 11.9 Å². The zero-order chi connectivity index (χ0) is 21.4. The third kappa shape index (κ3) is 4.73. The van der Waals surface area contributed by atoms with Crippen LogP contribution in [0, 0.1) is 5.92 Å². The van der Waals surface area contributed by atoms with Crippen molar-refractivity contribution in [1.29, 1.82) is 0 Å². The van der Waals surface area contributed by atoms with E-state index in [1.807, 2.05) is 6.92 Å². The maximum atomic E-state index is 12.7. The van der Waals surface area contributed by atoms with Crippen molar-refractivity contribution in [3.8, 4) is 0 Å². The van der Waals surface area contributed by atoms with Crippen molar-refractivity contribution in [2.24, 2.45) is 5.92 Å². The molecule has 2 aliphatic heterocycles. The molecule has 1 saturated carbocycles. The van der Waals surface area contributed by atoms with E-state index in [1.54, 1.807) is 6.92 Å². The molecule has 0 amide bonds. The van der Waals surface area contributed by atoms with Gasteiger partial charge < -0.3 is 14.2 Å². The minimum absolute atomic E-state index is 0.0150. The van der Waals surface area contributed by atoms with Crippen LogP contribution in [0.1, 0.15) is 65.7 Å². The Morgan fingerprint density at radius 2 is 1.86 bits per heavy atom. The zero-order valence-corrected chi connectivity index (χ0v) is 17.6. The highest BCUT2D eigenvalue weighted by Gasteiger charge is 2.54. The zero-order valence-electron chi connectivity index (χ0n) is 17.6. The second-order valence-corrected chi connectivity index (χ2v) is 9.05. The Morgan fingerprint density at radius 3 is 2.52 bits per heavy atom. The van der Waals surface area contributed by atoms with Crippen molar-refractivity contribution in [1.82, 2.24) is 0 Å². The molecule has 6 atom stereocenters. The van der Waals surface area contributed by atoms with Crippen LogP contribution in [-0.2, 0) is 28.7 Å². The van der Waals surface area contributed by atoms with Gasteiger partial charge in [-0.05, 0) is 70.3 Å². The average molecular weight is 408 g/mol.